The zero-order valence-corrected chi connectivity index (χ0v) is 13.8. The molecule has 1 fully saturated rings. The molecule has 1 aliphatic rings. The van der Waals surface area contributed by atoms with Crippen LogP contribution in [0.5, 0.6) is 0 Å². The molecule has 4 rings (SSSR count). The molecule has 1 saturated heterocycles. The molecule has 3 aromatic rings. The van der Waals surface area contributed by atoms with Gasteiger partial charge in [0.15, 0.2) is 11.5 Å². The Bertz CT molecular complexity index is 775. The number of imidazole rings is 1. The number of pyridine rings is 1. The van der Waals surface area contributed by atoms with Gasteiger partial charge >= 0.3 is 0 Å². The average Bonchev–Trinajstić information content (AvgIpc) is 3.25. The standard InChI is InChI=1S/C17H20N4S/c1-12(2)20-9-7-13(11-20)21-16-14(5-3-8-18-16)19-17(21)15-6-4-10-22-15/h3-6,8,10,12-13H,7,9,11H2,1-2H3. The Morgan fingerprint density at radius 2 is 2.18 bits per heavy atom. The van der Waals surface area contributed by atoms with Crippen molar-refractivity contribution in [3.8, 4) is 10.7 Å². The lowest BCUT2D eigenvalue weighted by Crippen LogP contribution is -2.28. The van der Waals surface area contributed by atoms with Gasteiger partial charge in [-0.15, -0.1) is 11.3 Å². The molecule has 0 bridgehead atoms. The molecule has 1 aliphatic heterocycles. The van der Waals surface area contributed by atoms with Crippen molar-refractivity contribution < 1.29 is 0 Å². The third-order valence-corrected chi connectivity index (χ3v) is 5.35. The van der Waals surface area contributed by atoms with E-state index in [2.05, 4.69) is 51.9 Å². The summed E-state index contributed by atoms with van der Waals surface area (Å²) in [6.07, 6.45) is 3.03. The highest BCUT2D eigenvalue weighted by Gasteiger charge is 2.29. The monoisotopic (exact) mass is 312 g/mol. The summed E-state index contributed by atoms with van der Waals surface area (Å²) < 4.78 is 2.36. The minimum atomic E-state index is 0.458. The van der Waals surface area contributed by atoms with Gasteiger partial charge in [0.25, 0.3) is 0 Å². The molecule has 0 N–H and O–H groups in total. The van der Waals surface area contributed by atoms with Gasteiger partial charge in [0.2, 0.25) is 0 Å². The zero-order chi connectivity index (χ0) is 15.1. The second kappa shape index (κ2) is 5.48. The molecule has 22 heavy (non-hydrogen) atoms. The number of nitrogens with zero attached hydrogens (tertiary/aromatic N) is 4. The second-order valence-electron chi connectivity index (χ2n) is 6.16. The van der Waals surface area contributed by atoms with E-state index < -0.39 is 0 Å². The van der Waals surface area contributed by atoms with Crippen LogP contribution >= 0.6 is 11.3 Å². The van der Waals surface area contributed by atoms with E-state index in [0.717, 1.165) is 30.1 Å². The smallest absolute Gasteiger partial charge is 0.160 e. The molecular weight excluding hydrogens is 292 g/mol. The molecule has 4 heterocycles. The largest absolute Gasteiger partial charge is 0.304 e. The van der Waals surface area contributed by atoms with Crippen LogP contribution in [0.25, 0.3) is 21.9 Å². The average molecular weight is 312 g/mol. The topological polar surface area (TPSA) is 34.0 Å². The molecular formula is C17H20N4S. The van der Waals surface area contributed by atoms with E-state index in [1.165, 1.54) is 11.3 Å². The van der Waals surface area contributed by atoms with Crippen LogP contribution in [0.3, 0.4) is 0 Å². The van der Waals surface area contributed by atoms with Crippen LogP contribution in [0.15, 0.2) is 35.8 Å². The maximum absolute atomic E-state index is 4.86. The van der Waals surface area contributed by atoms with Crippen LogP contribution in [-0.4, -0.2) is 38.6 Å². The summed E-state index contributed by atoms with van der Waals surface area (Å²) >= 11 is 1.75. The molecule has 1 unspecified atom stereocenters. The molecule has 0 saturated carbocycles. The first-order valence-corrected chi connectivity index (χ1v) is 8.73. The number of aromatic nitrogens is 3. The fourth-order valence-corrected chi connectivity index (χ4v) is 4.01. The molecule has 0 amide bonds. The van der Waals surface area contributed by atoms with Gasteiger partial charge in [-0.1, -0.05) is 6.07 Å². The van der Waals surface area contributed by atoms with Crippen LogP contribution in [-0.2, 0) is 0 Å². The Balaban J connectivity index is 1.83. The highest BCUT2D eigenvalue weighted by molar-refractivity contribution is 7.13. The summed E-state index contributed by atoms with van der Waals surface area (Å²) in [6.45, 7) is 6.77. The number of rotatable bonds is 3. The lowest BCUT2D eigenvalue weighted by Gasteiger charge is -2.21. The van der Waals surface area contributed by atoms with Gasteiger partial charge in [-0.3, -0.25) is 4.90 Å². The van der Waals surface area contributed by atoms with E-state index in [1.807, 2.05) is 12.3 Å². The molecule has 114 valence electrons. The molecule has 0 radical (unpaired) electrons. The maximum atomic E-state index is 4.86. The molecule has 0 spiro atoms. The van der Waals surface area contributed by atoms with E-state index in [-0.39, 0.29) is 0 Å². The Morgan fingerprint density at radius 3 is 2.91 bits per heavy atom. The molecule has 4 nitrogen and oxygen atoms in total. The Hall–Kier alpha value is -1.72. The highest BCUT2D eigenvalue weighted by Crippen LogP contribution is 2.34. The zero-order valence-electron chi connectivity index (χ0n) is 12.9. The number of fused-ring (bicyclic) bond motifs is 1. The van der Waals surface area contributed by atoms with Crippen LogP contribution in [0.4, 0.5) is 0 Å². The first-order chi connectivity index (χ1) is 10.7. The van der Waals surface area contributed by atoms with Crippen molar-refractivity contribution in [2.24, 2.45) is 0 Å². The molecule has 0 aliphatic carbocycles. The Kier molecular flexibility index (Phi) is 3.47. The summed E-state index contributed by atoms with van der Waals surface area (Å²) in [5.74, 6) is 1.07. The summed E-state index contributed by atoms with van der Waals surface area (Å²) in [5, 5.41) is 2.11. The predicted molar refractivity (Wildman–Crippen MR) is 91.2 cm³/mol. The van der Waals surface area contributed by atoms with Gasteiger partial charge in [0.05, 0.1) is 10.9 Å². The van der Waals surface area contributed by atoms with Crippen molar-refractivity contribution >= 4 is 22.5 Å². The second-order valence-corrected chi connectivity index (χ2v) is 7.11. The first-order valence-electron chi connectivity index (χ1n) is 7.85. The van der Waals surface area contributed by atoms with Crippen LogP contribution in [0, 0.1) is 0 Å². The molecule has 1 atom stereocenters. The molecule has 0 aromatic carbocycles. The van der Waals surface area contributed by atoms with Crippen LogP contribution < -0.4 is 0 Å². The van der Waals surface area contributed by atoms with Crippen molar-refractivity contribution in [1.29, 1.82) is 0 Å². The summed E-state index contributed by atoms with van der Waals surface area (Å²) in [4.78, 5) is 13.2. The summed E-state index contributed by atoms with van der Waals surface area (Å²) in [6, 6.07) is 9.32. The number of thiophene rings is 1. The van der Waals surface area contributed by atoms with Crippen LogP contribution in [0.1, 0.15) is 26.3 Å². The lowest BCUT2D eigenvalue weighted by atomic mass is 10.2. The van der Waals surface area contributed by atoms with Crippen molar-refractivity contribution in [3.05, 3.63) is 35.8 Å². The van der Waals surface area contributed by atoms with Gasteiger partial charge in [-0.05, 0) is 43.8 Å². The van der Waals surface area contributed by atoms with Crippen molar-refractivity contribution in [2.45, 2.75) is 32.4 Å². The lowest BCUT2D eigenvalue weighted by molar-refractivity contribution is 0.266. The minimum Gasteiger partial charge on any atom is -0.304 e. The number of hydrogen-bond acceptors (Lipinski definition) is 4. The third-order valence-electron chi connectivity index (χ3n) is 4.48. The fraction of sp³-hybridized carbons (Fsp3) is 0.412. The van der Waals surface area contributed by atoms with Crippen LogP contribution in [0.2, 0.25) is 0 Å². The van der Waals surface area contributed by atoms with Crippen molar-refractivity contribution in [3.63, 3.8) is 0 Å². The summed E-state index contributed by atoms with van der Waals surface area (Å²) in [7, 11) is 0. The normalized spacial score (nSPS) is 19.5. The molecule has 5 heteroatoms. The Labute approximate surface area is 134 Å². The van der Waals surface area contributed by atoms with E-state index in [1.54, 1.807) is 11.3 Å². The number of likely N-dealkylation sites (tertiary alicyclic amines) is 1. The predicted octanol–water partition coefficient (Wildman–Crippen LogP) is 3.82. The van der Waals surface area contributed by atoms with Gasteiger partial charge < -0.3 is 4.57 Å². The SMILES string of the molecule is CC(C)N1CCC(n2c(-c3cccs3)nc3cccnc32)C1. The fourth-order valence-electron chi connectivity index (χ4n) is 3.30. The summed E-state index contributed by atoms with van der Waals surface area (Å²) in [5.41, 5.74) is 2.01. The Morgan fingerprint density at radius 1 is 1.27 bits per heavy atom. The van der Waals surface area contributed by atoms with E-state index >= 15 is 0 Å². The first kappa shape index (κ1) is 13.9. The van der Waals surface area contributed by atoms with Gasteiger partial charge in [-0.25, -0.2) is 9.97 Å². The maximum Gasteiger partial charge on any atom is 0.160 e. The number of hydrogen-bond donors (Lipinski definition) is 0. The quantitative estimate of drug-likeness (QED) is 0.737. The van der Waals surface area contributed by atoms with Crippen molar-refractivity contribution in [1.82, 2.24) is 19.4 Å². The molecule has 3 aromatic heterocycles. The van der Waals surface area contributed by atoms with E-state index in [4.69, 9.17) is 4.98 Å². The highest BCUT2D eigenvalue weighted by atomic mass is 32.1. The van der Waals surface area contributed by atoms with Crippen molar-refractivity contribution in [2.75, 3.05) is 13.1 Å². The third kappa shape index (κ3) is 2.25. The van der Waals surface area contributed by atoms with E-state index in [0.29, 0.717) is 12.1 Å². The van der Waals surface area contributed by atoms with Gasteiger partial charge in [-0.2, -0.15) is 0 Å². The minimum absolute atomic E-state index is 0.458. The van der Waals surface area contributed by atoms with Gasteiger partial charge in [0.1, 0.15) is 5.52 Å². The van der Waals surface area contributed by atoms with Gasteiger partial charge in [0, 0.05) is 25.3 Å². The van der Waals surface area contributed by atoms with E-state index in [9.17, 15) is 0 Å².